The summed E-state index contributed by atoms with van der Waals surface area (Å²) in [6.07, 6.45) is 2.76. The van der Waals surface area contributed by atoms with Crippen LogP contribution in [0.3, 0.4) is 0 Å². The average molecular weight is 365 g/mol. The van der Waals surface area contributed by atoms with Crippen LogP contribution < -0.4 is 0 Å². The van der Waals surface area contributed by atoms with Crippen molar-refractivity contribution in [1.29, 1.82) is 0 Å². The highest BCUT2D eigenvalue weighted by Gasteiger charge is 2.25. The van der Waals surface area contributed by atoms with E-state index in [0.717, 1.165) is 33.8 Å². The summed E-state index contributed by atoms with van der Waals surface area (Å²) < 4.78 is 13.6. The molecule has 138 valence electrons. The first-order chi connectivity index (χ1) is 13.0. The monoisotopic (exact) mass is 365 g/mol. The number of carbonyl (C=O) groups is 1. The second-order valence-corrected chi connectivity index (χ2v) is 6.76. The van der Waals surface area contributed by atoms with Gasteiger partial charge in [0.25, 0.3) is 5.91 Å². The minimum absolute atomic E-state index is 0.0802. The fourth-order valence-electron chi connectivity index (χ4n) is 3.46. The summed E-state index contributed by atoms with van der Waals surface area (Å²) in [5.74, 6) is -0.368. The van der Waals surface area contributed by atoms with E-state index in [1.807, 2.05) is 24.8 Å². The lowest BCUT2D eigenvalue weighted by molar-refractivity contribution is 0.0755. The van der Waals surface area contributed by atoms with Gasteiger partial charge in [-0.25, -0.2) is 14.4 Å². The zero-order valence-corrected chi connectivity index (χ0v) is 15.3. The van der Waals surface area contributed by atoms with Crippen molar-refractivity contribution in [2.24, 2.45) is 0 Å². The minimum atomic E-state index is -0.288. The van der Waals surface area contributed by atoms with Crippen LogP contribution in [0.1, 0.15) is 33.0 Å². The maximum absolute atomic E-state index is 13.6. The zero-order chi connectivity index (χ0) is 19.0. The Bertz CT molecular complexity index is 1010. The second kappa shape index (κ2) is 6.90. The number of hydrogen-bond donors (Lipinski definition) is 1. The fourth-order valence-corrected chi connectivity index (χ4v) is 3.46. The molecule has 0 saturated heterocycles. The van der Waals surface area contributed by atoms with Crippen molar-refractivity contribution in [2.75, 3.05) is 13.1 Å². The molecular formula is C20H20FN5O. The Morgan fingerprint density at radius 2 is 2.00 bits per heavy atom. The van der Waals surface area contributed by atoms with Gasteiger partial charge in [-0.2, -0.15) is 5.10 Å². The summed E-state index contributed by atoms with van der Waals surface area (Å²) in [6.45, 7) is 4.89. The van der Waals surface area contributed by atoms with Crippen molar-refractivity contribution < 1.29 is 9.18 Å². The number of aryl methyl sites for hydroxylation is 1. The smallest absolute Gasteiger partial charge is 0.272 e. The van der Waals surface area contributed by atoms with Crippen LogP contribution >= 0.6 is 0 Å². The van der Waals surface area contributed by atoms with Crippen LogP contribution in [-0.2, 0) is 12.8 Å². The predicted molar refractivity (Wildman–Crippen MR) is 98.8 cm³/mol. The molecule has 27 heavy (non-hydrogen) atoms. The van der Waals surface area contributed by atoms with Gasteiger partial charge in [-0.1, -0.05) is 12.1 Å². The number of nitrogens with zero attached hydrogens (tertiary/aromatic N) is 4. The van der Waals surface area contributed by atoms with E-state index in [1.165, 1.54) is 18.5 Å². The molecule has 1 N–H and O–H groups in total. The van der Waals surface area contributed by atoms with E-state index in [0.29, 0.717) is 31.6 Å². The quantitative estimate of drug-likeness (QED) is 0.758. The molecule has 0 radical (unpaired) electrons. The van der Waals surface area contributed by atoms with E-state index >= 15 is 0 Å². The Balaban J connectivity index is 1.59. The summed E-state index contributed by atoms with van der Waals surface area (Å²) in [7, 11) is 0. The number of amides is 1. The van der Waals surface area contributed by atoms with Crippen LogP contribution in [0.25, 0.3) is 11.3 Å². The highest BCUT2D eigenvalue weighted by Crippen LogP contribution is 2.27. The molecule has 0 spiro atoms. The molecule has 1 amide bonds. The number of halogens is 1. The highest BCUT2D eigenvalue weighted by molar-refractivity contribution is 5.93. The third-order valence-corrected chi connectivity index (χ3v) is 5.14. The maximum atomic E-state index is 13.6. The molecule has 2 aromatic heterocycles. The Morgan fingerprint density at radius 1 is 1.19 bits per heavy atom. The second-order valence-electron chi connectivity index (χ2n) is 6.76. The van der Waals surface area contributed by atoms with E-state index in [-0.39, 0.29) is 11.7 Å². The normalized spacial score (nSPS) is 14.0. The van der Waals surface area contributed by atoms with Crippen molar-refractivity contribution in [3.63, 3.8) is 0 Å². The average Bonchev–Trinajstić information content (AvgIpc) is 2.95. The Hall–Kier alpha value is -3.09. The molecule has 0 saturated carbocycles. The summed E-state index contributed by atoms with van der Waals surface area (Å²) in [6, 6.07) is 6.43. The van der Waals surface area contributed by atoms with Gasteiger partial charge < -0.3 is 4.90 Å². The number of hydrogen-bond acceptors (Lipinski definition) is 4. The van der Waals surface area contributed by atoms with E-state index in [1.54, 1.807) is 6.07 Å². The molecule has 0 fully saturated rings. The number of fused-ring (bicyclic) bond motifs is 1. The summed E-state index contributed by atoms with van der Waals surface area (Å²) in [5.41, 5.74) is 5.63. The lowest BCUT2D eigenvalue weighted by Crippen LogP contribution is -2.34. The van der Waals surface area contributed by atoms with Crippen LogP contribution in [0.15, 0.2) is 30.6 Å². The van der Waals surface area contributed by atoms with Crippen molar-refractivity contribution >= 4 is 5.91 Å². The number of benzene rings is 1. The number of aromatic nitrogens is 4. The van der Waals surface area contributed by atoms with Gasteiger partial charge in [0.1, 0.15) is 17.8 Å². The molecule has 1 aromatic carbocycles. The number of nitrogens with one attached hydrogen (secondary N) is 1. The molecule has 3 aromatic rings. The molecule has 0 atom stereocenters. The van der Waals surface area contributed by atoms with Crippen LogP contribution in [-0.4, -0.2) is 44.1 Å². The van der Waals surface area contributed by atoms with Gasteiger partial charge in [0.05, 0.1) is 5.69 Å². The third-order valence-electron chi connectivity index (χ3n) is 5.14. The predicted octanol–water partition coefficient (Wildman–Crippen LogP) is 2.86. The molecule has 0 bridgehead atoms. The SMILES string of the molecule is Cc1ncnc(C(=O)N2CCc3[nH]nc(-c4cccc(F)c4)c3CC2)c1C. The van der Waals surface area contributed by atoms with E-state index in [2.05, 4.69) is 20.2 Å². The van der Waals surface area contributed by atoms with Gasteiger partial charge >= 0.3 is 0 Å². The summed E-state index contributed by atoms with van der Waals surface area (Å²) >= 11 is 0. The highest BCUT2D eigenvalue weighted by atomic mass is 19.1. The van der Waals surface area contributed by atoms with Crippen molar-refractivity contribution in [2.45, 2.75) is 26.7 Å². The molecule has 3 heterocycles. The molecule has 1 aliphatic heterocycles. The number of rotatable bonds is 2. The van der Waals surface area contributed by atoms with E-state index < -0.39 is 0 Å². The van der Waals surface area contributed by atoms with Gasteiger partial charge in [-0.15, -0.1) is 0 Å². The number of carbonyl (C=O) groups excluding carboxylic acids is 1. The maximum Gasteiger partial charge on any atom is 0.272 e. The lowest BCUT2D eigenvalue weighted by Gasteiger charge is -2.21. The Morgan fingerprint density at radius 3 is 2.81 bits per heavy atom. The Labute approximate surface area is 156 Å². The topological polar surface area (TPSA) is 74.8 Å². The van der Waals surface area contributed by atoms with Crippen LogP contribution in [0, 0.1) is 19.7 Å². The van der Waals surface area contributed by atoms with Crippen LogP contribution in [0.4, 0.5) is 4.39 Å². The van der Waals surface area contributed by atoms with Gasteiger partial charge in [0, 0.05) is 47.6 Å². The molecular weight excluding hydrogens is 345 g/mol. The first-order valence-corrected chi connectivity index (χ1v) is 8.94. The van der Waals surface area contributed by atoms with Gasteiger partial charge in [0.2, 0.25) is 0 Å². The first-order valence-electron chi connectivity index (χ1n) is 8.94. The molecule has 1 aliphatic rings. The van der Waals surface area contributed by atoms with Crippen molar-refractivity contribution in [1.82, 2.24) is 25.1 Å². The summed E-state index contributed by atoms with van der Waals surface area (Å²) in [5, 5.41) is 7.46. The standard InChI is InChI=1S/C20H20FN5O/c1-12-13(2)22-11-23-18(12)20(27)26-8-6-16-17(7-9-26)24-25-19(16)14-4-3-5-15(21)10-14/h3-5,10-11H,6-9H2,1-2H3,(H,24,25). The van der Waals surface area contributed by atoms with Crippen LogP contribution in [0.2, 0.25) is 0 Å². The van der Waals surface area contributed by atoms with Crippen molar-refractivity contribution in [3.05, 3.63) is 64.6 Å². The van der Waals surface area contributed by atoms with Gasteiger partial charge in [-0.3, -0.25) is 9.89 Å². The van der Waals surface area contributed by atoms with Gasteiger partial charge in [0.15, 0.2) is 0 Å². The fraction of sp³-hybridized carbons (Fsp3) is 0.300. The van der Waals surface area contributed by atoms with Gasteiger partial charge in [-0.05, 0) is 32.4 Å². The largest absolute Gasteiger partial charge is 0.337 e. The lowest BCUT2D eigenvalue weighted by atomic mass is 10.0. The Kier molecular flexibility index (Phi) is 4.43. The molecule has 7 heteroatoms. The molecule has 4 rings (SSSR count). The third kappa shape index (κ3) is 3.20. The van der Waals surface area contributed by atoms with E-state index in [9.17, 15) is 9.18 Å². The minimum Gasteiger partial charge on any atom is -0.337 e. The number of aromatic amines is 1. The number of H-pyrrole nitrogens is 1. The summed E-state index contributed by atoms with van der Waals surface area (Å²) in [4.78, 5) is 23.1. The molecule has 0 aliphatic carbocycles. The van der Waals surface area contributed by atoms with Crippen LogP contribution in [0.5, 0.6) is 0 Å². The van der Waals surface area contributed by atoms with Crippen molar-refractivity contribution in [3.8, 4) is 11.3 Å². The first kappa shape index (κ1) is 17.3. The molecule has 0 unspecified atom stereocenters. The molecule has 6 nitrogen and oxygen atoms in total. The van der Waals surface area contributed by atoms with E-state index in [4.69, 9.17) is 0 Å². The zero-order valence-electron chi connectivity index (χ0n) is 15.3.